The van der Waals surface area contributed by atoms with Crippen molar-refractivity contribution in [3.63, 3.8) is 0 Å². The van der Waals surface area contributed by atoms with E-state index in [0.717, 1.165) is 6.42 Å². The van der Waals surface area contributed by atoms with Crippen molar-refractivity contribution in [2.75, 3.05) is 13.2 Å². The van der Waals surface area contributed by atoms with Gasteiger partial charge >= 0.3 is 0 Å². The van der Waals surface area contributed by atoms with E-state index in [2.05, 4.69) is 13.8 Å². The Balaban J connectivity index is 2.77. The van der Waals surface area contributed by atoms with Gasteiger partial charge in [0.2, 0.25) is 0 Å². The Morgan fingerprint density at radius 2 is 1.71 bits per heavy atom. The van der Waals surface area contributed by atoms with Gasteiger partial charge < -0.3 is 10.2 Å². The lowest BCUT2D eigenvalue weighted by molar-refractivity contribution is -0.0385. The quantitative estimate of drug-likeness (QED) is 0.714. The molecule has 0 amide bonds. The lowest BCUT2D eigenvalue weighted by Gasteiger charge is -2.41. The molecule has 0 spiro atoms. The fourth-order valence-corrected chi connectivity index (χ4v) is 2.93. The van der Waals surface area contributed by atoms with Crippen LogP contribution in [0.4, 0.5) is 0 Å². The SMILES string of the molecule is CCC(C)C(CO)(CO)C1CCCC1. The summed E-state index contributed by atoms with van der Waals surface area (Å²) in [7, 11) is 0. The smallest absolute Gasteiger partial charge is 0.0514 e. The summed E-state index contributed by atoms with van der Waals surface area (Å²) < 4.78 is 0. The summed E-state index contributed by atoms with van der Waals surface area (Å²) in [4.78, 5) is 0. The second-order valence-electron chi connectivity index (χ2n) is 4.84. The van der Waals surface area contributed by atoms with E-state index in [4.69, 9.17) is 0 Å². The average Bonchev–Trinajstić information content (AvgIpc) is 2.74. The highest BCUT2D eigenvalue weighted by atomic mass is 16.3. The molecule has 0 radical (unpaired) electrons. The van der Waals surface area contributed by atoms with E-state index in [1.54, 1.807) is 0 Å². The van der Waals surface area contributed by atoms with E-state index in [1.165, 1.54) is 25.7 Å². The molecule has 1 unspecified atom stereocenters. The molecule has 2 nitrogen and oxygen atoms in total. The van der Waals surface area contributed by atoms with Crippen LogP contribution in [0.25, 0.3) is 0 Å². The highest BCUT2D eigenvalue weighted by Gasteiger charge is 2.42. The van der Waals surface area contributed by atoms with Crippen molar-refractivity contribution in [1.82, 2.24) is 0 Å². The minimum atomic E-state index is -0.217. The molecule has 1 fully saturated rings. The van der Waals surface area contributed by atoms with Gasteiger partial charge in [0, 0.05) is 5.41 Å². The van der Waals surface area contributed by atoms with Gasteiger partial charge in [-0.05, 0) is 24.7 Å². The largest absolute Gasteiger partial charge is 0.396 e. The van der Waals surface area contributed by atoms with Crippen molar-refractivity contribution in [3.8, 4) is 0 Å². The Bertz CT molecular complexity index is 158. The van der Waals surface area contributed by atoms with Crippen molar-refractivity contribution in [2.24, 2.45) is 17.3 Å². The lowest BCUT2D eigenvalue weighted by atomic mass is 9.66. The summed E-state index contributed by atoms with van der Waals surface area (Å²) in [5.74, 6) is 0.952. The molecule has 1 aliphatic carbocycles. The molecule has 0 aromatic rings. The second kappa shape index (κ2) is 5.13. The van der Waals surface area contributed by atoms with Crippen molar-refractivity contribution < 1.29 is 10.2 Å². The van der Waals surface area contributed by atoms with Gasteiger partial charge in [0.25, 0.3) is 0 Å². The minimum Gasteiger partial charge on any atom is -0.396 e. The van der Waals surface area contributed by atoms with E-state index in [0.29, 0.717) is 11.8 Å². The molecule has 0 heterocycles. The standard InChI is InChI=1S/C12H24O2/c1-3-10(2)12(8-13,9-14)11-6-4-5-7-11/h10-11,13-14H,3-9H2,1-2H3. The topological polar surface area (TPSA) is 40.5 Å². The summed E-state index contributed by atoms with van der Waals surface area (Å²) in [6, 6.07) is 0. The molecule has 0 aromatic heterocycles. The van der Waals surface area contributed by atoms with Gasteiger partial charge in [-0.2, -0.15) is 0 Å². The number of rotatable bonds is 5. The summed E-state index contributed by atoms with van der Waals surface area (Å²) in [6.07, 6.45) is 5.94. The lowest BCUT2D eigenvalue weighted by Crippen LogP contribution is -2.42. The first-order chi connectivity index (χ1) is 6.71. The summed E-state index contributed by atoms with van der Waals surface area (Å²) in [6.45, 7) is 4.58. The maximum Gasteiger partial charge on any atom is 0.0514 e. The van der Waals surface area contributed by atoms with Gasteiger partial charge in [-0.3, -0.25) is 0 Å². The average molecular weight is 200 g/mol. The van der Waals surface area contributed by atoms with Gasteiger partial charge in [-0.25, -0.2) is 0 Å². The molecule has 1 rings (SSSR count). The predicted octanol–water partition coefficient (Wildman–Crippen LogP) is 2.19. The molecule has 2 N–H and O–H groups in total. The van der Waals surface area contributed by atoms with Crippen LogP contribution < -0.4 is 0 Å². The Morgan fingerprint density at radius 1 is 1.21 bits per heavy atom. The number of hydrogen-bond donors (Lipinski definition) is 2. The normalized spacial score (nSPS) is 21.4. The minimum absolute atomic E-state index is 0.142. The fourth-order valence-electron chi connectivity index (χ4n) is 2.93. The third-order valence-electron chi connectivity index (χ3n) is 4.35. The zero-order valence-electron chi connectivity index (χ0n) is 9.50. The third kappa shape index (κ3) is 1.96. The Labute approximate surface area is 87.3 Å². The van der Waals surface area contributed by atoms with Gasteiger partial charge in [0.15, 0.2) is 0 Å². The maximum absolute atomic E-state index is 9.58. The Morgan fingerprint density at radius 3 is 2.07 bits per heavy atom. The first-order valence-corrected chi connectivity index (χ1v) is 5.93. The van der Waals surface area contributed by atoms with Crippen LogP contribution in [0.1, 0.15) is 46.0 Å². The highest BCUT2D eigenvalue weighted by Crippen LogP contribution is 2.45. The predicted molar refractivity (Wildman–Crippen MR) is 58.0 cm³/mol. The van der Waals surface area contributed by atoms with Crippen molar-refractivity contribution >= 4 is 0 Å². The third-order valence-corrected chi connectivity index (χ3v) is 4.35. The van der Waals surface area contributed by atoms with E-state index in [-0.39, 0.29) is 18.6 Å². The van der Waals surface area contributed by atoms with Gasteiger partial charge in [-0.15, -0.1) is 0 Å². The number of aliphatic hydroxyl groups is 2. The molecule has 1 aliphatic rings. The molecule has 0 aliphatic heterocycles. The van der Waals surface area contributed by atoms with Crippen molar-refractivity contribution in [1.29, 1.82) is 0 Å². The van der Waals surface area contributed by atoms with E-state index >= 15 is 0 Å². The summed E-state index contributed by atoms with van der Waals surface area (Å²) in [5, 5.41) is 19.2. The molecule has 1 saturated carbocycles. The monoisotopic (exact) mass is 200 g/mol. The van der Waals surface area contributed by atoms with Crippen LogP contribution >= 0.6 is 0 Å². The Hall–Kier alpha value is -0.0800. The molecule has 0 aromatic carbocycles. The van der Waals surface area contributed by atoms with Crippen LogP contribution in [-0.4, -0.2) is 23.4 Å². The fraction of sp³-hybridized carbons (Fsp3) is 1.00. The molecule has 0 saturated heterocycles. The second-order valence-corrected chi connectivity index (χ2v) is 4.84. The van der Waals surface area contributed by atoms with Gasteiger partial charge in [0.1, 0.15) is 0 Å². The van der Waals surface area contributed by atoms with Gasteiger partial charge in [0.05, 0.1) is 13.2 Å². The first kappa shape index (κ1) is 12.0. The van der Waals surface area contributed by atoms with Crippen molar-refractivity contribution in [2.45, 2.75) is 46.0 Å². The molecular formula is C12H24O2. The maximum atomic E-state index is 9.58. The van der Waals surface area contributed by atoms with Gasteiger partial charge in [-0.1, -0.05) is 33.1 Å². The molecule has 14 heavy (non-hydrogen) atoms. The van der Waals surface area contributed by atoms with Crippen LogP contribution in [0.2, 0.25) is 0 Å². The molecule has 1 atom stereocenters. The molecule has 0 bridgehead atoms. The molecule has 84 valence electrons. The molecule has 2 heteroatoms. The van der Waals surface area contributed by atoms with Crippen molar-refractivity contribution in [3.05, 3.63) is 0 Å². The van der Waals surface area contributed by atoms with Crippen LogP contribution in [0.3, 0.4) is 0 Å². The number of hydrogen-bond acceptors (Lipinski definition) is 2. The number of aliphatic hydroxyl groups excluding tert-OH is 2. The van der Waals surface area contributed by atoms with E-state index in [9.17, 15) is 10.2 Å². The Kier molecular flexibility index (Phi) is 4.39. The highest BCUT2D eigenvalue weighted by molar-refractivity contribution is 4.91. The summed E-state index contributed by atoms with van der Waals surface area (Å²) in [5.41, 5.74) is -0.217. The zero-order chi connectivity index (χ0) is 10.6. The van der Waals surface area contributed by atoms with Crippen LogP contribution in [0.15, 0.2) is 0 Å². The van der Waals surface area contributed by atoms with Crippen LogP contribution in [0.5, 0.6) is 0 Å². The van der Waals surface area contributed by atoms with Crippen LogP contribution in [0, 0.1) is 17.3 Å². The summed E-state index contributed by atoms with van der Waals surface area (Å²) >= 11 is 0. The van der Waals surface area contributed by atoms with Crippen LogP contribution in [-0.2, 0) is 0 Å². The van der Waals surface area contributed by atoms with E-state index in [1.807, 2.05) is 0 Å². The molecular weight excluding hydrogens is 176 g/mol. The zero-order valence-corrected chi connectivity index (χ0v) is 9.50. The van der Waals surface area contributed by atoms with E-state index < -0.39 is 0 Å². The first-order valence-electron chi connectivity index (χ1n) is 5.93.